The normalized spacial score (nSPS) is 12.5. The molecule has 0 aliphatic rings. The van der Waals surface area contributed by atoms with Gasteiger partial charge in [0.1, 0.15) is 30.9 Å². The van der Waals surface area contributed by atoms with Gasteiger partial charge in [-0.25, -0.2) is 19.3 Å². The van der Waals surface area contributed by atoms with E-state index in [9.17, 15) is 5.11 Å². The molecule has 0 unspecified atom stereocenters. The molecule has 7 nitrogen and oxygen atoms in total. The van der Waals surface area contributed by atoms with Gasteiger partial charge in [0.25, 0.3) is 0 Å². The van der Waals surface area contributed by atoms with E-state index in [0.717, 1.165) is 5.56 Å². The largest absolute Gasteiger partial charge is 0.385 e. The lowest BCUT2D eigenvalue weighted by molar-refractivity contribution is -0.0967. The third-order valence-corrected chi connectivity index (χ3v) is 4.85. The van der Waals surface area contributed by atoms with E-state index in [1.807, 2.05) is 38.1 Å². The van der Waals surface area contributed by atoms with Gasteiger partial charge in [0.15, 0.2) is 0 Å². The first-order valence-electron chi connectivity index (χ1n) is 8.00. The predicted molar refractivity (Wildman–Crippen MR) is 93.9 cm³/mol. The molecule has 3 aromatic rings. The van der Waals surface area contributed by atoms with Crippen LogP contribution in [0.4, 0.5) is 0 Å². The zero-order valence-electron chi connectivity index (χ0n) is 14.2. The van der Waals surface area contributed by atoms with Gasteiger partial charge in [0.05, 0.1) is 13.1 Å². The summed E-state index contributed by atoms with van der Waals surface area (Å²) in [6.45, 7) is 4.67. The van der Waals surface area contributed by atoms with Crippen LogP contribution in [0.5, 0.6) is 0 Å². The van der Waals surface area contributed by atoms with Crippen LogP contribution in [0.25, 0.3) is 0 Å². The monoisotopic (exact) mass is 360 g/mol. The lowest BCUT2D eigenvalue weighted by atomic mass is 9.70. The molecule has 1 N–H and O–H groups in total. The summed E-state index contributed by atoms with van der Waals surface area (Å²) < 4.78 is 3.28. The maximum atomic E-state index is 11.6. The van der Waals surface area contributed by atoms with Gasteiger partial charge in [-0.3, -0.25) is 0 Å². The number of nitrogens with zero attached hydrogens (tertiary/aromatic N) is 6. The average molecular weight is 361 g/mol. The minimum atomic E-state index is -1.12. The molecule has 0 saturated heterocycles. The minimum Gasteiger partial charge on any atom is -0.385 e. The number of aliphatic hydroxyl groups is 1. The van der Waals surface area contributed by atoms with E-state index >= 15 is 0 Å². The summed E-state index contributed by atoms with van der Waals surface area (Å²) in [5.41, 5.74) is -0.489. The Bertz CT molecular complexity index is 747. The summed E-state index contributed by atoms with van der Waals surface area (Å²) in [4.78, 5) is 7.94. The van der Waals surface area contributed by atoms with Crippen LogP contribution in [-0.4, -0.2) is 40.2 Å². The summed E-state index contributed by atoms with van der Waals surface area (Å²) in [7, 11) is 0. The van der Waals surface area contributed by atoms with Gasteiger partial charge in [-0.15, -0.1) is 0 Å². The van der Waals surface area contributed by atoms with Crippen molar-refractivity contribution < 1.29 is 5.11 Å². The Morgan fingerprint density at radius 3 is 1.92 bits per heavy atom. The molecule has 25 heavy (non-hydrogen) atoms. The number of hydrogen-bond acceptors (Lipinski definition) is 5. The number of rotatable bonds is 7. The third-order valence-electron chi connectivity index (χ3n) is 4.60. The van der Waals surface area contributed by atoms with E-state index in [1.54, 1.807) is 22.0 Å². The van der Waals surface area contributed by atoms with Gasteiger partial charge in [-0.1, -0.05) is 37.6 Å². The van der Waals surface area contributed by atoms with Gasteiger partial charge < -0.3 is 5.11 Å². The summed E-state index contributed by atoms with van der Waals surface area (Å²) in [5, 5.41) is 20.6. The smallest absolute Gasteiger partial charge is 0.137 e. The number of hydrogen-bond donors (Lipinski definition) is 1. The van der Waals surface area contributed by atoms with Crippen LogP contribution < -0.4 is 0 Å². The van der Waals surface area contributed by atoms with Gasteiger partial charge in [0, 0.05) is 10.4 Å². The second-order valence-corrected chi connectivity index (χ2v) is 7.34. The van der Waals surface area contributed by atoms with Crippen molar-refractivity contribution in [2.24, 2.45) is 5.41 Å². The van der Waals surface area contributed by atoms with Gasteiger partial charge in [0.2, 0.25) is 0 Å². The summed E-state index contributed by atoms with van der Waals surface area (Å²) in [6.07, 6.45) is 6.80. The third kappa shape index (κ3) is 4.05. The first-order valence-corrected chi connectivity index (χ1v) is 8.37. The van der Waals surface area contributed by atoms with Crippen LogP contribution in [0.1, 0.15) is 19.4 Å². The van der Waals surface area contributed by atoms with Gasteiger partial charge in [-0.2, -0.15) is 10.2 Å². The van der Waals surface area contributed by atoms with E-state index in [4.69, 9.17) is 11.6 Å². The fourth-order valence-electron chi connectivity index (χ4n) is 2.92. The van der Waals surface area contributed by atoms with E-state index in [0.29, 0.717) is 24.5 Å². The second-order valence-electron chi connectivity index (χ2n) is 6.90. The van der Waals surface area contributed by atoms with E-state index in [1.165, 1.54) is 12.7 Å². The first kappa shape index (κ1) is 17.6. The zero-order valence-corrected chi connectivity index (χ0v) is 15.0. The molecule has 0 saturated carbocycles. The highest BCUT2D eigenvalue weighted by atomic mass is 35.5. The quantitative estimate of drug-likeness (QED) is 0.698. The van der Waals surface area contributed by atoms with E-state index in [2.05, 4.69) is 20.2 Å². The molecule has 1 aromatic carbocycles. The number of benzene rings is 1. The molecular weight excluding hydrogens is 340 g/mol. The van der Waals surface area contributed by atoms with Crippen molar-refractivity contribution in [2.45, 2.75) is 39.0 Å². The van der Waals surface area contributed by atoms with Crippen molar-refractivity contribution in [1.82, 2.24) is 29.5 Å². The maximum Gasteiger partial charge on any atom is 0.137 e. The number of halogens is 1. The fraction of sp³-hybridized carbons (Fsp3) is 0.412. The molecule has 3 rings (SSSR count). The van der Waals surface area contributed by atoms with Crippen LogP contribution in [-0.2, 0) is 19.5 Å². The lowest BCUT2D eigenvalue weighted by Crippen LogP contribution is -2.52. The molecule has 0 aliphatic carbocycles. The van der Waals surface area contributed by atoms with Gasteiger partial charge >= 0.3 is 0 Å². The predicted octanol–water partition coefficient (Wildman–Crippen LogP) is 2.22. The Hall–Kier alpha value is -2.25. The number of aromatic nitrogens is 6. The molecule has 0 aliphatic heterocycles. The average Bonchev–Trinajstić information content (AvgIpc) is 3.23. The van der Waals surface area contributed by atoms with E-state index < -0.39 is 11.0 Å². The molecule has 0 bridgehead atoms. The van der Waals surface area contributed by atoms with Crippen molar-refractivity contribution in [2.75, 3.05) is 0 Å². The topological polar surface area (TPSA) is 81.6 Å². The van der Waals surface area contributed by atoms with Crippen LogP contribution >= 0.6 is 11.6 Å². The van der Waals surface area contributed by atoms with Crippen LogP contribution in [0.15, 0.2) is 49.6 Å². The zero-order chi connectivity index (χ0) is 17.9. The lowest BCUT2D eigenvalue weighted by Gasteiger charge is -2.42. The second kappa shape index (κ2) is 6.93. The minimum absolute atomic E-state index is 0.299. The molecule has 8 heteroatoms. The molecule has 2 heterocycles. The molecule has 132 valence electrons. The molecule has 0 radical (unpaired) electrons. The van der Waals surface area contributed by atoms with Crippen LogP contribution in [0, 0.1) is 5.41 Å². The van der Waals surface area contributed by atoms with Crippen molar-refractivity contribution >= 4 is 11.6 Å². The SMILES string of the molecule is CC(C)(Cc1ccc(Cl)cc1)C(O)(Cn1cncn1)Cn1cncn1. The Labute approximate surface area is 151 Å². The molecule has 0 fully saturated rings. The first-order chi connectivity index (χ1) is 11.9. The Kier molecular flexibility index (Phi) is 4.87. The van der Waals surface area contributed by atoms with Gasteiger partial charge in [-0.05, 0) is 24.1 Å². The Morgan fingerprint density at radius 1 is 0.960 bits per heavy atom. The standard InChI is InChI=1S/C17H21ClN6O/c1-16(2,7-14-3-5-15(18)6-4-14)17(25,8-23-12-19-10-21-23)9-24-13-20-11-22-24/h3-6,10-13,25H,7-9H2,1-2H3. The highest BCUT2D eigenvalue weighted by Crippen LogP contribution is 2.37. The van der Waals surface area contributed by atoms with E-state index in [-0.39, 0.29) is 0 Å². The summed E-state index contributed by atoms with van der Waals surface area (Å²) in [6, 6.07) is 7.69. The molecular formula is C17H21ClN6O. The van der Waals surface area contributed by atoms with Crippen molar-refractivity contribution in [1.29, 1.82) is 0 Å². The highest BCUT2D eigenvalue weighted by molar-refractivity contribution is 6.30. The Balaban J connectivity index is 1.89. The fourth-order valence-corrected chi connectivity index (χ4v) is 3.05. The van der Waals surface area contributed by atoms with Crippen molar-refractivity contribution in [3.8, 4) is 0 Å². The molecule has 0 amide bonds. The van der Waals surface area contributed by atoms with Crippen LogP contribution in [0.3, 0.4) is 0 Å². The maximum absolute atomic E-state index is 11.6. The molecule has 0 atom stereocenters. The summed E-state index contributed by atoms with van der Waals surface area (Å²) in [5.74, 6) is 0. The van der Waals surface area contributed by atoms with Crippen molar-refractivity contribution in [3.05, 3.63) is 60.2 Å². The summed E-state index contributed by atoms with van der Waals surface area (Å²) >= 11 is 5.98. The Morgan fingerprint density at radius 2 is 1.48 bits per heavy atom. The highest BCUT2D eigenvalue weighted by Gasteiger charge is 2.44. The van der Waals surface area contributed by atoms with Crippen LogP contribution in [0.2, 0.25) is 5.02 Å². The van der Waals surface area contributed by atoms with Crippen molar-refractivity contribution in [3.63, 3.8) is 0 Å². The molecule has 0 spiro atoms. The molecule has 2 aromatic heterocycles.